The molecule has 344 valence electrons. The summed E-state index contributed by atoms with van der Waals surface area (Å²) in [6.07, 6.45) is 42.3. The highest BCUT2D eigenvalue weighted by atomic mass is 16.6. The zero-order valence-corrected chi connectivity index (χ0v) is 39.8. The maximum Gasteiger partial charge on any atom is 0.306 e. The summed E-state index contributed by atoms with van der Waals surface area (Å²) in [4.78, 5) is 37.9. The topological polar surface area (TPSA) is 78.9 Å². The van der Waals surface area contributed by atoms with E-state index in [9.17, 15) is 14.4 Å². The van der Waals surface area contributed by atoms with Crippen LogP contribution in [-0.2, 0) is 28.6 Å². The molecule has 0 aliphatic heterocycles. The fourth-order valence-corrected chi connectivity index (χ4v) is 7.73. The van der Waals surface area contributed by atoms with E-state index < -0.39 is 6.10 Å². The highest BCUT2D eigenvalue weighted by Gasteiger charge is 2.19. The van der Waals surface area contributed by atoms with E-state index in [1.807, 2.05) is 0 Å². The third kappa shape index (κ3) is 44.0. The maximum atomic E-state index is 12.8. The van der Waals surface area contributed by atoms with Gasteiger partial charge in [-0.25, -0.2) is 0 Å². The largest absolute Gasteiger partial charge is 0.462 e. The number of esters is 3. The number of ether oxygens (including phenoxy) is 3. The van der Waals surface area contributed by atoms with E-state index >= 15 is 0 Å². The molecule has 0 saturated carbocycles. The Balaban J connectivity index is 4.31. The summed E-state index contributed by atoms with van der Waals surface area (Å²) in [6.45, 7) is 13.7. The lowest BCUT2D eigenvalue weighted by Crippen LogP contribution is -2.30. The number of hydrogen-bond acceptors (Lipinski definition) is 6. The average molecular weight is 821 g/mol. The van der Waals surface area contributed by atoms with Crippen molar-refractivity contribution in [1.82, 2.24) is 0 Å². The second kappa shape index (κ2) is 43.5. The van der Waals surface area contributed by atoms with Gasteiger partial charge in [-0.1, -0.05) is 241 Å². The second-order valence-electron chi connectivity index (χ2n) is 19.0. The second-order valence-corrected chi connectivity index (χ2v) is 19.0. The van der Waals surface area contributed by atoms with Crippen molar-refractivity contribution in [2.45, 2.75) is 285 Å². The molecule has 1 unspecified atom stereocenters. The van der Waals surface area contributed by atoms with Crippen molar-refractivity contribution in [2.24, 2.45) is 17.8 Å². The van der Waals surface area contributed by atoms with Gasteiger partial charge in [-0.3, -0.25) is 14.4 Å². The van der Waals surface area contributed by atoms with E-state index in [4.69, 9.17) is 14.2 Å². The van der Waals surface area contributed by atoms with Gasteiger partial charge in [-0.05, 0) is 37.0 Å². The van der Waals surface area contributed by atoms with Crippen molar-refractivity contribution in [3.8, 4) is 0 Å². The molecule has 0 heterocycles. The van der Waals surface area contributed by atoms with Crippen LogP contribution in [0.3, 0.4) is 0 Å². The van der Waals surface area contributed by atoms with Crippen molar-refractivity contribution >= 4 is 17.9 Å². The summed E-state index contributed by atoms with van der Waals surface area (Å²) in [7, 11) is 0. The Labute approximate surface area is 361 Å². The third-order valence-electron chi connectivity index (χ3n) is 12.0. The maximum absolute atomic E-state index is 12.8. The molecule has 0 aliphatic carbocycles. The molecule has 0 aromatic heterocycles. The van der Waals surface area contributed by atoms with E-state index in [1.54, 1.807) is 0 Å². The zero-order chi connectivity index (χ0) is 42.7. The molecule has 0 rings (SSSR count). The van der Waals surface area contributed by atoms with Crippen LogP contribution in [0.4, 0.5) is 0 Å². The van der Waals surface area contributed by atoms with Gasteiger partial charge in [0.15, 0.2) is 6.10 Å². The van der Waals surface area contributed by atoms with Crippen LogP contribution in [0.25, 0.3) is 0 Å². The first kappa shape index (κ1) is 56.4. The van der Waals surface area contributed by atoms with Crippen molar-refractivity contribution in [3.63, 3.8) is 0 Å². The van der Waals surface area contributed by atoms with Gasteiger partial charge in [0.25, 0.3) is 0 Å². The lowest BCUT2D eigenvalue weighted by Gasteiger charge is -2.18. The number of carbonyl (C=O) groups excluding carboxylic acids is 3. The van der Waals surface area contributed by atoms with Gasteiger partial charge < -0.3 is 14.2 Å². The molecule has 58 heavy (non-hydrogen) atoms. The monoisotopic (exact) mass is 821 g/mol. The Kier molecular flexibility index (Phi) is 42.3. The van der Waals surface area contributed by atoms with E-state index in [0.717, 1.165) is 75.5 Å². The molecule has 0 bridgehead atoms. The SMILES string of the molecule is CCC(C)CCCCCCCCC(=O)OC[C@H](COC(=O)CCCCCCCCCCCCCC(C)C)OC(=O)CCCCCCCCCCCCCCCC(C)C. The van der Waals surface area contributed by atoms with Crippen molar-refractivity contribution in [3.05, 3.63) is 0 Å². The Morgan fingerprint density at radius 1 is 0.345 bits per heavy atom. The van der Waals surface area contributed by atoms with Gasteiger partial charge in [0.1, 0.15) is 13.2 Å². The lowest BCUT2D eigenvalue weighted by atomic mass is 10.00. The smallest absolute Gasteiger partial charge is 0.306 e. The van der Waals surface area contributed by atoms with E-state index in [-0.39, 0.29) is 31.1 Å². The minimum absolute atomic E-state index is 0.0654. The fraction of sp³-hybridized carbons (Fsp3) is 0.942. The van der Waals surface area contributed by atoms with Crippen molar-refractivity contribution in [1.29, 1.82) is 0 Å². The van der Waals surface area contributed by atoms with Gasteiger partial charge >= 0.3 is 17.9 Å². The van der Waals surface area contributed by atoms with Gasteiger partial charge in [0, 0.05) is 19.3 Å². The first-order valence-corrected chi connectivity index (χ1v) is 25.6. The van der Waals surface area contributed by atoms with Crippen LogP contribution in [0.15, 0.2) is 0 Å². The van der Waals surface area contributed by atoms with Crippen molar-refractivity contribution < 1.29 is 28.6 Å². The summed E-state index contributed by atoms with van der Waals surface area (Å²) in [5.41, 5.74) is 0. The standard InChI is InChI=1S/C52H100O6/c1-7-48(6)40-34-28-24-25-30-36-42-51(54)57-45-49(44-56-50(53)41-35-29-22-18-15-11-13-17-21-27-33-39-47(4)5)58-52(55)43-37-31-23-19-14-10-8-9-12-16-20-26-32-38-46(2)3/h46-49H,7-45H2,1-6H3/t48?,49-/m0/s1. The molecule has 0 radical (unpaired) electrons. The molecule has 0 saturated heterocycles. The van der Waals surface area contributed by atoms with Crippen LogP contribution in [0, 0.1) is 17.8 Å². The quantitative estimate of drug-likeness (QED) is 0.0346. The van der Waals surface area contributed by atoms with Gasteiger partial charge in [-0.15, -0.1) is 0 Å². The highest BCUT2D eigenvalue weighted by molar-refractivity contribution is 5.71. The molecular weight excluding hydrogens is 721 g/mol. The van der Waals surface area contributed by atoms with Crippen LogP contribution in [-0.4, -0.2) is 37.2 Å². The molecule has 0 aromatic carbocycles. The molecule has 0 aromatic rings. The lowest BCUT2D eigenvalue weighted by molar-refractivity contribution is -0.167. The summed E-state index contributed by atoms with van der Waals surface area (Å²) in [5, 5.41) is 0. The third-order valence-corrected chi connectivity index (χ3v) is 12.0. The molecule has 0 aliphatic rings. The predicted octanol–water partition coefficient (Wildman–Crippen LogP) is 16.4. The first-order chi connectivity index (χ1) is 28.1. The van der Waals surface area contributed by atoms with Crippen LogP contribution in [0.5, 0.6) is 0 Å². The Morgan fingerprint density at radius 3 is 0.897 bits per heavy atom. The number of unbranched alkanes of at least 4 members (excludes halogenated alkanes) is 27. The summed E-state index contributed by atoms with van der Waals surface area (Å²) < 4.78 is 16.8. The Hall–Kier alpha value is -1.59. The first-order valence-electron chi connectivity index (χ1n) is 25.6. The van der Waals surface area contributed by atoms with Crippen molar-refractivity contribution in [2.75, 3.05) is 13.2 Å². The van der Waals surface area contributed by atoms with Gasteiger partial charge in [0.2, 0.25) is 0 Å². The summed E-state index contributed by atoms with van der Waals surface area (Å²) in [6, 6.07) is 0. The summed E-state index contributed by atoms with van der Waals surface area (Å²) in [5.74, 6) is 1.62. The Bertz CT molecular complexity index is 900. The molecular formula is C52H100O6. The molecule has 6 nitrogen and oxygen atoms in total. The fourth-order valence-electron chi connectivity index (χ4n) is 7.73. The molecule has 0 spiro atoms. The molecule has 6 heteroatoms. The normalized spacial score (nSPS) is 12.6. The minimum atomic E-state index is -0.763. The molecule has 0 N–H and O–H groups in total. The molecule has 0 fully saturated rings. The van der Waals surface area contributed by atoms with Gasteiger partial charge in [0.05, 0.1) is 0 Å². The predicted molar refractivity (Wildman–Crippen MR) is 247 cm³/mol. The molecule has 2 atom stereocenters. The van der Waals surface area contributed by atoms with E-state index in [0.29, 0.717) is 19.3 Å². The molecule has 0 amide bonds. The van der Waals surface area contributed by atoms with Gasteiger partial charge in [-0.2, -0.15) is 0 Å². The van der Waals surface area contributed by atoms with E-state index in [1.165, 1.54) is 161 Å². The number of hydrogen-bond donors (Lipinski definition) is 0. The van der Waals surface area contributed by atoms with Crippen LogP contribution >= 0.6 is 0 Å². The van der Waals surface area contributed by atoms with E-state index in [2.05, 4.69) is 41.5 Å². The van der Waals surface area contributed by atoms with Crippen LogP contribution in [0.2, 0.25) is 0 Å². The highest BCUT2D eigenvalue weighted by Crippen LogP contribution is 2.18. The summed E-state index contributed by atoms with van der Waals surface area (Å²) >= 11 is 0. The Morgan fingerprint density at radius 2 is 0.603 bits per heavy atom. The van der Waals surface area contributed by atoms with Crippen LogP contribution < -0.4 is 0 Å². The zero-order valence-electron chi connectivity index (χ0n) is 39.8. The minimum Gasteiger partial charge on any atom is -0.462 e. The average Bonchev–Trinajstić information content (AvgIpc) is 3.19. The number of rotatable bonds is 45. The number of carbonyl (C=O) groups is 3. The van der Waals surface area contributed by atoms with Crippen LogP contribution in [0.1, 0.15) is 279 Å².